The van der Waals surface area contributed by atoms with E-state index in [0.29, 0.717) is 13.2 Å². The van der Waals surface area contributed by atoms with Gasteiger partial charge < -0.3 is 10.1 Å². The van der Waals surface area contributed by atoms with E-state index in [1.165, 1.54) is 11.8 Å². The van der Waals surface area contributed by atoms with Crippen LogP contribution in [0.2, 0.25) is 0 Å². The van der Waals surface area contributed by atoms with E-state index in [1.54, 1.807) is 6.92 Å². The van der Waals surface area contributed by atoms with Crippen LogP contribution in [0.5, 0.6) is 0 Å². The molecule has 24 heavy (non-hydrogen) atoms. The van der Waals surface area contributed by atoms with Gasteiger partial charge in [-0.25, -0.2) is 0 Å². The van der Waals surface area contributed by atoms with Gasteiger partial charge in [0.1, 0.15) is 5.25 Å². The van der Waals surface area contributed by atoms with Crippen molar-refractivity contribution in [2.24, 2.45) is 0 Å². The van der Waals surface area contributed by atoms with Gasteiger partial charge in [0.2, 0.25) is 5.91 Å². The lowest BCUT2D eigenvalue weighted by molar-refractivity contribution is -0.143. The maximum absolute atomic E-state index is 12.2. The van der Waals surface area contributed by atoms with Gasteiger partial charge in [0, 0.05) is 17.9 Å². The molecule has 0 spiro atoms. The largest absolute Gasteiger partial charge is 0.465 e. The van der Waals surface area contributed by atoms with Crippen LogP contribution in [-0.2, 0) is 20.9 Å². The Kier molecular flexibility index (Phi) is 7.36. The molecule has 0 radical (unpaired) electrons. The normalized spacial score (nSPS) is 11.5. The van der Waals surface area contributed by atoms with Crippen molar-refractivity contribution >= 4 is 23.6 Å². The van der Waals surface area contributed by atoms with E-state index in [1.807, 2.05) is 60.7 Å². The molecular formula is C19H21NO3S. The molecule has 4 nitrogen and oxygen atoms in total. The van der Waals surface area contributed by atoms with Gasteiger partial charge >= 0.3 is 5.97 Å². The van der Waals surface area contributed by atoms with Gasteiger partial charge in [0.25, 0.3) is 0 Å². The van der Waals surface area contributed by atoms with Crippen LogP contribution in [0.15, 0.2) is 65.6 Å². The van der Waals surface area contributed by atoms with E-state index in [-0.39, 0.29) is 18.3 Å². The molecule has 2 rings (SSSR count). The van der Waals surface area contributed by atoms with Crippen LogP contribution in [0.25, 0.3) is 0 Å². The van der Waals surface area contributed by atoms with Crippen LogP contribution < -0.4 is 5.32 Å². The highest BCUT2D eigenvalue weighted by Crippen LogP contribution is 2.26. The van der Waals surface area contributed by atoms with Crippen LogP contribution in [-0.4, -0.2) is 23.7 Å². The van der Waals surface area contributed by atoms with E-state index in [2.05, 4.69) is 5.32 Å². The maximum Gasteiger partial charge on any atom is 0.319 e. The molecule has 0 aliphatic rings. The number of hydrogen-bond acceptors (Lipinski definition) is 4. The fourth-order valence-electron chi connectivity index (χ4n) is 2.11. The summed E-state index contributed by atoms with van der Waals surface area (Å²) in [5, 5.41) is 2.30. The third kappa shape index (κ3) is 6.08. The Balaban J connectivity index is 1.93. The standard InChI is InChI=1S/C19H21NO3S/c1-2-23-19(22)17(24-16-11-7-4-8-12-16)13-18(21)20-14-15-9-5-3-6-10-15/h3-12,17H,2,13-14H2,1H3,(H,20,21). The van der Waals surface area contributed by atoms with Crippen molar-refractivity contribution in [1.29, 1.82) is 0 Å². The summed E-state index contributed by atoms with van der Waals surface area (Å²) >= 11 is 1.35. The minimum Gasteiger partial charge on any atom is -0.465 e. The van der Waals surface area contributed by atoms with Gasteiger partial charge in [-0.15, -0.1) is 11.8 Å². The van der Waals surface area contributed by atoms with Crippen molar-refractivity contribution < 1.29 is 14.3 Å². The molecule has 0 bridgehead atoms. The molecule has 1 N–H and O–H groups in total. The van der Waals surface area contributed by atoms with Crippen molar-refractivity contribution in [3.05, 3.63) is 66.2 Å². The molecule has 0 fully saturated rings. The second kappa shape index (κ2) is 9.78. The topological polar surface area (TPSA) is 55.4 Å². The number of carbonyl (C=O) groups excluding carboxylic acids is 2. The third-order valence-corrected chi connectivity index (χ3v) is 4.46. The highest BCUT2D eigenvalue weighted by atomic mass is 32.2. The number of carbonyl (C=O) groups is 2. The van der Waals surface area contributed by atoms with Crippen molar-refractivity contribution in [3.8, 4) is 0 Å². The molecular weight excluding hydrogens is 322 g/mol. The number of thioether (sulfide) groups is 1. The predicted octanol–water partition coefficient (Wildman–Crippen LogP) is 3.42. The first kappa shape index (κ1) is 18.1. The number of nitrogens with one attached hydrogen (secondary N) is 1. The first-order valence-corrected chi connectivity index (χ1v) is 8.76. The molecule has 2 aromatic rings. The zero-order valence-corrected chi connectivity index (χ0v) is 14.4. The summed E-state index contributed by atoms with van der Waals surface area (Å²) in [4.78, 5) is 25.3. The zero-order chi connectivity index (χ0) is 17.2. The number of esters is 1. The van der Waals surface area contributed by atoms with Crippen LogP contribution in [0.3, 0.4) is 0 Å². The highest BCUT2D eigenvalue weighted by Gasteiger charge is 2.24. The molecule has 0 aliphatic heterocycles. The number of rotatable bonds is 8. The van der Waals surface area contributed by atoms with Crippen molar-refractivity contribution in [3.63, 3.8) is 0 Å². The van der Waals surface area contributed by atoms with Crippen LogP contribution >= 0.6 is 11.8 Å². The number of amides is 1. The minimum atomic E-state index is -0.553. The van der Waals surface area contributed by atoms with E-state index < -0.39 is 5.25 Å². The average molecular weight is 343 g/mol. The second-order valence-corrected chi connectivity index (χ2v) is 6.41. The lowest BCUT2D eigenvalue weighted by Crippen LogP contribution is -2.30. The molecule has 0 saturated heterocycles. The fourth-order valence-corrected chi connectivity index (χ4v) is 3.15. The third-order valence-electron chi connectivity index (χ3n) is 3.27. The van der Waals surface area contributed by atoms with Crippen molar-refractivity contribution in [2.45, 2.75) is 30.0 Å². The summed E-state index contributed by atoms with van der Waals surface area (Å²) in [5.41, 5.74) is 1.02. The second-order valence-electron chi connectivity index (χ2n) is 5.14. The molecule has 0 aliphatic carbocycles. The Bertz CT molecular complexity index is 646. The lowest BCUT2D eigenvalue weighted by atomic mass is 10.2. The van der Waals surface area contributed by atoms with Gasteiger partial charge in [0.05, 0.1) is 6.61 Å². The summed E-state index contributed by atoms with van der Waals surface area (Å²) < 4.78 is 5.10. The Hall–Kier alpha value is -2.27. The van der Waals surface area contributed by atoms with Crippen molar-refractivity contribution in [1.82, 2.24) is 5.32 Å². The van der Waals surface area contributed by atoms with E-state index >= 15 is 0 Å². The maximum atomic E-state index is 12.2. The molecule has 0 heterocycles. The van der Waals surface area contributed by atoms with Gasteiger partial charge in [-0.2, -0.15) is 0 Å². The molecule has 0 saturated carbocycles. The van der Waals surface area contributed by atoms with Gasteiger partial charge in [-0.3, -0.25) is 9.59 Å². The average Bonchev–Trinajstić information content (AvgIpc) is 2.61. The minimum absolute atomic E-state index is 0.0885. The summed E-state index contributed by atoms with van der Waals surface area (Å²) in [6.07, 6.45) is 0.0885. The quantitative estimate of drug-likeness (QED) is 0.589. The zero-order valence-electron chi connectivity index (χ0n) is 13.6. The SMILES string of the molecule is CCOC(=O)C(CC(=O)NCc1ccccc1)Sc1ccccc1. The summed E-state index contributed by atoms with van der Waals surface area (Å²) in [5.74, 6) is -0.526. The lowest BCUT2D eigenvalue weighted by Gasteiger charge is -2.15. The number of benzene rings is 2. The smallest absolute Gasteiger partial charge is 0.319 e. The molecule has 1 atom stereocenters. The van der Waals surface area contributed by atoms with E-state index in [9.17, 15) is 9.59 Å². The van der Waals surface area contributed by atoms with Gasteiger partial charge in [-0.05, 0) is 24.6 Å². The molecule has 5 heteroatoms. The molecule has 2 aromatic carbocycles. The van der Waals surface area contributed by atoms with E-state index in [0.717, 1.165) is 10.5 Å². The Morgan fingerprint density at radius 3 is 2.29 bits per heavy atom. The highest BCUT2D eigenvalue weighted by molar-refractivity contribution is 8.00. The van der Waals surface area contributed by atoms with Gasteiger partial charge in [-0.1, -0.05) is 48.5 Å². The summed E-state index contributed by atoms with van der Waals surface area (Å²) in [6.45, 7) is 2.51. The van der Waals surface area contributed by atoms with Crippen LogP contribution in [0.1, 0.15) is 18.9 Å². The fraction of sp³-hybridized carbons (Fsp3) is 0.263. The predicted molar refractivity (Wildman–Crippen MR) is 95.6 cm³/mol. The first-order chi connectivity index (χ1) is 11.7. The molecule has 1 amide bonds. The van der Waals surface area contributed by atoms with Crippen LogP contribution in [0, 0.1) is 0 Å². The Morgan fingerprint density at radius 2 is 1.67 bits per heavy atom. The Morgan fingerprint density at radius 1 is 1.04 bits per heavy atom. The first-order valence-electron chi connectivity index (χ1n) is 7.88. The van der Waals surface area contributed by atoms with E-state index in [4.69, 9.17) is 4.74 Å². The summed E-state index contributed by atoms with van der Waals surface area (Å²) in [7, 11) is 0. The molecule has 1 unspecified atom stereocenters. The van der Waals surface area contributed by atoms with Crippen LogP contribution in [0.4, 0.5) is 0 Å². The monoisotopic (exact) mass is 343 g/mol. The van der Waals surface area contributed by atoms with Gasteiger partial charge in [0.15, 0.2) is 0 Å². The summed E-state index contributed by atoms with van der Waals surface area (Å²) in [6, 6.07) is 19.2. The molecule has 0 aromatic heterocycles. The number of ether oxygens (including phenoxy) is 1. The Labute approximate surface area is 146 Å². The van der Waals surface area contributed by atoms with Crippen molar-refractivity contribution in [2.75, 3.05) is 6.61 Å². The number of hydrogen-bond donors (Lipinski definition) is 1. The molecule has 126 valence electrons.